The topological polar surface area (TPSA) is 113 Å². The number of rotatable bonds is 22. The molecule has 0 heterocycles. The predicted molar refractivity (Wildman–Crippen MR) is 241 cm³/mol. The van der Waals surface area contributed by atoms with Gasteiger partial charge >= 0.3 is 66.0 Å². The Bertz CT molecular complexity index is 1960. The van der Waals surface area contributed by atoms with E-state index in [1.54, 1.807) is 23.5 Å². The Kier molecular flexibility index (Phi) is 22.9. The molecule has 0 saturated carbocycles. The van der Waals surface area contributed by atoms with Gasteiger partial charge in [0, 0.05) is 39.1 Å². The molecule has 0 fully saturated rings. The van der Waals surface area contributed by atoms with Crippen molar-refractivity contribution in [3.8, 4) is 23.0 Å². The second kappa shape index (κ2) is 25.1. The fraction of sp³-hybridized carbons (Fsp3) is 0.415. The Morgan fingerprint density at radius 2 is 0.742 bits per heavy atom. The summed E-state index contributed by atoms with van der Waals surface area (Å²) in [4.78, 5) is 4.23. The quantitative estimate of drug-likeness (QED) is 0.0351. The summed E-state index contributed by atoms with van der Waals surface area (Å²) in [6.45, 7) is 13.3. The van der Waals surface area contributed by atoms with E-state index < -0.39 is 15.6 Å². The summed E-state index contributed by atoms with van der Waals surface area (Å²) in [6, 6.07) is 23.9. The second-order valence-corrected chi connectivity index (χ2v) is 20.5. The van der Waals surface area contributed by atoms with Crippen LogP contribution in [0.3, 0.4) is 0 Å². The van der Waals surface area contributed by atoms with Crippen molar-refractivity contribution in [3.05, 3.63) is 83.4 Å². The predicted octanol–water partition coefficient (Wildman–Crippen LogP) is 17.8. The van der Waals surface area contributed by atoms with Gasteiger partial charge in [-0.1, -0.05) is 106 Å². The molecule has 66 heavy (non-hydrogen) atoms. The zero-order valence-corrected chi connectivity index (χ0v) is 40.9. The molecule has 376 valence electrons. The molecule has 0 spiro atoms. The van der Waals surface area contributed by atoms with Gasteiger partial charge in [-0.25, -0.2) is 0 Å². The molecular weight excluding hydrogens is 1000 g/mol. The Morgan fingerprint density at radius 3 is 1.02 bits per heavy atom. The molecule has 0 aliphatic rings. The van der Waals surface area contributed by atoms with Crippen LogP contribution in [0.5, 0.6) is 23.0 Å². The number of nitrogens with two attached hydrogens (primary N) is 2. The van der Waals surface area contributed by atoms with Crippen LogP contribution in [-0.4, -0.2) is 26.4 Å². The zero-order chi connectivity index (χ0) is 50.4. The van der Waals surface area contributed by atoms with Crippen molar-refractivity contribution in [1.82, 2.24) is 0 Å². The van der Waals surface area contributed by atoms with Crippen LogP contribution in [0.15, 0.2) is 103 Å². The van der Waals surface area contributed by atoms with E-state index in [0.717, 1.165) is 87.5 Å². The van der Waals surface area contributed by atoms with Crippen molar-refractivity contribution < 1.29 is 80.4 Å². The molecule has 0 atom stereocenters. The van der Waals surface area contributed by atoms with Crippen LogP contribution >= 0.6 is 50.7 Å². The van der Waals surface area contributed by atoms with Gasteiger partial charge in [-0.2, -0.15) is 11.1 Å². The molecule has 4 N–H and O–H groups in total. The van der Waals surface area contributed by atoms with Crippen molar-refractivity contribution in [2.75, 3.05) is 26.4 Å². The van der Waals surface area contributed by atoms with Gasteiger partial charge in [0.25, 0.3) is 0 Å². The molecule has 8 nitrogen and oxygen atoms in total. The Balaban J connectivity index is 0.000000513. The molecule has 0 unspecified atom stereocenters. The number of hydrogen-bond acceptors (Lipinski definition) is 8. The van der Waals surface area contributed by atoms with Gasteiger partial charge in [0.2, 0.25) is 0 Å². The van der Waals surface area contributed by atoms with E-state index in [1.165, 1.54) is 5.56 Å². The van der Waals surface area contributed by atoms with Crippen LogP contribution in [0, 0.1) is 6.92 Å². The first kappa shape index (κ1) is 60.3. The second-order valence-electron chi connectivity index (χ2n) is 14.0. The Hall–Kier alpha value is -3.71. The average Bonchev–Trinajstić information content (AvgIpc) is 3.19. The number of unbranched alkanes of at least 4 members (excludes halogenated alkanes) is 4. The minimum absolute atomic E-state index is 0.605. The zero-order valence-electron chi connectivity index (χ0n) is 36.7. The van der Waals surface area contributed by atoms with Gasteiger partial charge in [0.1, 0.15) is 11.5 Å². The molecule has 25 heteroatoms. The monoisotopic (exact) mass is 1060 g/mol. The van der Waals surface area contributed by atoms with Gasteiger partial charge < -0.3 is 18.9 Å². The van der Waals surface area contributed by atoms with Gasteiger partial charge in [0.15, 0.2) is 22.9 Å². The standard InChI is InChI=1S/C21H28N2O2S.C20H25ClN2O2S.2F6P/c1-4-6-12-24-19-15-21(26-17-10-8-16(3)9-11-17)20(14-18(19)23-22)25-13-7-5-2;1-3-5-11-24-18-14-20(26-16-9-7-15(21)8-10-16)19(13-17(18)23-22)25-12-6-4-2;2*1-7(2,3,4,5)6/h8-11,14-15,22H,4-7,12-13H2,1-3H3;7-10,13-14,22H,3-6,11-12H2,1-2H3;;/q;;2*-1/p+2. The maximum atomic E-state index is 9.87. The normalized spacial score (nSPS) is 13.2. The van der Waals surface area contributed by atoms with E-state index in [-0.39, 0.29) is 0 Å². The number of benzene rings is 4. The van der Waals surface area contributed by atoms with Gasteiger partial charge in [-0.05, 0) is 79.2 Å². The maximum absolute atomic E-state index is 10.7. The van der Waals surface area contributed by atoms with Gasteiger partial charge in [-0.15, -0.1) is 0 Å². The van der Waals surface area contributed by atoms with Gasteiger partial charge in [-0.3, -0.25) is 0 Å². The number of nitrogens with zero attached hydrogens (tertiary/aromatic N) is 2. The number of hydrogen-bond donors (Lipinski definition) is 2. The third-order valence-electron chi connectivity index (χ3n) is 7.64. The summed E-state index contributed by atoms with van der Waals surface area (Å²) >= 11 is 9.26. The van der Waals surface area contributed by atoms with Crippen LogP contribution in [0.1, 0.15) is 84.6 Å². The minimum atomic E-state index is -10.7. The molecule has 4 aromatic rings. The summed E-state index contributed by atoms with van der Waals surface area (Å²) < 4.78 is 142. The van der Waals surface area contributed by atoms with Crippen LogP contribution < -0.4 is 30.0 Å². The summed E-state index contributed by atoms with van der Waals surface area (Å²) in [7, 11) is -21.3. The molecule has 0 amide bonds. The van der Waals surface area contributed by atoms with Crippen molar-refractivity contribution in [1.29, 1.82) is 0 Å². The molecule has 0 radical (unpaired) electrons. The first-order valence-electron chi connectivity index (χ1n) is 20.2. The van der Waals surface area contributed by atoms with Crippen LogP contribution in [0.4, 0.5) is 61.7 Å². The molecule has 0 bridgehead atoms. The molecular formula is C41H55ClF12N4O4P2S2. The fourth-order valence-corrected chi connectivity index (χ4v) is 6.49. The third-order valence-corrected chi connectivity index (χ3v) is 9.99. The molecule has 0 aliphatic heterocycles. The number of halogens is 13. The SMILES string of the molecule is CCCCOc1cc(Sc2ccc(C)cc2)c(OCCCC)cc1N=[NH2+].CCCCOc1cc(Sc2ccc(Cl)cc2)c(OCCCC)cc1N=[NH2+].F[P-](F)(F)(F)(F)F.F[P-](F)(F)(F)(F)F. The molecule has 4 rings (SSSR count). The molecule has 0 aliphatic carbocycles. The number of ether oxygens (including phenoxy) is 4. The van der Waals surface area contributed by atoms with Crippen molar-refractivity contribution in [3.63, 3.8) is 0 Å². The third kappa shape index (κ3) is 32.9. The summed E-state index contributed by atoms with van der Waals surface area (Å²) in [5, 5.41) is 8.47. The number of aryl methyl sites for hydroxylation is 1. The first-order valence-corrected chi connectivity index (χ1v) is 26.3. The average molecular weight is 1060 g/mol. The summed E-state index contributed by atoms with van der Waals surface area (Å²) in [6.07, 6.45) is 8.31. The van der Waals surface area contributed by atoms with Crippen molar-refractivity contribution in [2.24, 2.45) is 10.2 Å². The van der Waals surface area contributed by atoms with Crippen LogP contribution in [0.2, 0.25) is 5.02 Å². The van der Waals surface area contributed by atoms with E-state index in [9.17, 15) is 50.4 Å². The van der Waals surface area contributed by atoms with Crippen molar-refractivity contribution in [2.45, 2.75) is 106 Å². The van der Waals surface area contributed by atoms with Crippen LogP contribution in [-0.2, 0) is 0 Å². The summed E-state index contributed by atoms with van der Waals surface area (Å²) in [5.41, 5.74) is 13.6. The Morgan fingerprint density at radius 1 is 0.470 bits per heavy atom. The first-order chi connectivity index (χ1) is 30.2. The van der Waals surface area contributed by atoms with Gasteiger partial charge in [0.05, 0.1) is 36.2 Å². The van der Waals surface area contributed by atoms with Crippen molar-refractivity contribution >= 4 is 62.1 Å². The van der Waals surface area contributed by atoms with E-state index in [1.807, 2.05) is 48.5 Å². The van der Waals surface area contributed by atoms with E-state index in [2.05, 4.69) is 69.1 Å². The van der Waals surface area contributed by atoms with E-state index in [0.29, 0.717) is 49.3 Å². The van der Waals surface area contributed by atoms with E-state index >= 15 is 0 Å². The van der Waals surface area contributed by atoms with Crippen LogP contribution in [0.25, 0.3) is 0 Å². The molecule has 0 aromatic heterocycles. The molecule has 4 aromatic carbocycles. The summed E-state index contributed by atoms with van der Waals surface area (Å²) in [5.74, 6) is 2.96. The van der Waals surface area contributed by atoms with E-state index in [4.69, 9.17) is 41.6 Å². The Labute approximate surface area is 389 Å². The fourth-order valence-electron chi connectivity index (χ4n) is 4.55. The molecule has 0 saturated heterocycles.